The Bertz CT molecular complexity index is 772. The van der Waals surface area contributed by atoms with E-state index in [2.05, 4.69) is 5.32 Å². The van der Waals surface area contributed by atoms with Gasteiger partial charge in [-0.15, -0.1) is 0 Å². The summed E-state index contributed by atoms with van der Waals surface area (Å²) in [7, 11) is -3.62. The predicted octanol–water partition coefficient (Wildman–Crippen LogP) is 2.16. The standard InChI is InChI=1S/C19H28N2O5S/c1-3-14(2)20-19(22)15-7-9-21(10-8-15)27(23,24)16-5-6-17-18(13-16)26-12-4-11-25-17/h5-6,13-15H,3-4,7-12H2,1-2H3,(H,20,22). The number of piperidine rings is 1. The zero-order valence-electron chi connectivity index (χ0n) is 15.9. The average molecular weight is 397 g/mol. The number of carbonyl (C=O) groups excluding carboxylic acids is 1. The molecule has 2 aliphatic heterocycles. The average Bonchev–Trinajstić information content (AvgIpc) is 2.92. The first-order valence-electron chi connectivity index (χ1n) is 9.62. The molecule has 1 saturated heterocycles. The summed E-state index contributed by atoms with van der Waals surface area (Å²) in [5.74, 6) is 0.939. The number of hydrogen-bond acceptors (Lipinski definition) is 5. The number of hydrogen-bond donors (Lipinski definition) is 1. The van der Waals surface area contributed by atoms with Gasteiger partial charge in [0, 0.05) is 37.5 Å². The van der Waals surface area contributed by atoms with Gasteiger partial charge in [0.2, 0.25) is 15.9 Å². The van der Waals surface area contributed by atoms with Gasteiger partial charge in [-0.1, -0.05) is 6.92 Å². The van der Waals surface area contributed by atoms with Crippen LogP contribution in [-0.2, 0) is 14.8 Å². The van der Waals surface area contributed by atoms with Crippen molar-refractivity contribution in [2.75, 3.05) is 26.3 Å². The molecular formula is C19H28N2O5S. The molecule has 0 aromatic heterocycles. The minimum Gasteiger partial charge on any atom is -0.490 e. The van der Waals surface area contributed by atoms with E-state index >= 15 is 0 Å². The second kappa shape index (κ2) is 8.48. The molecule has 0 radical (unpaired) electrons. The topological polar surface area (TPSA) is 84.9 Å². The number of amides is 1. The van der Waals surface area contributed by atoms with Crippen molar-refractivity contribution in [3.05, 3.63) is 18.2 Å². The maximum Gasteiger partial charge on any atom is 0.243 e. The minimum absolute atomic E-state index is 0.0250. The van der Waals surface area contributed by atoms with Gasteiger partial charge in [-0.25, -0.2) is 8.42 Å². The summed E-state index contributed by atoms with van der Waals surface area (Å²) >= 11 is 0. The molecule has 1 unspecified atom stereocenters. The van der Waals surface area contributed by atoms with Crippen molar-refractivity contribution in [3.8, 4) is 11.5 Å². The lowest BCUT2D eigenvalue weighted by Crippen LogP contribution is -2.44. The van der Waals surface area contributed by atoms with Gasteiger partial charge in [0.15, 0.2) is 11.5 Å². The molecule has 27 heavy (non-hydrogen) atoms. The van der Waals surface area contributed by atoms with Crippen LogP contribution in [0.5, 0.6) is 11.5 Å². The SMILES string of the molecule is CCC(C)NC(=O)C1CCN(S(=O)(=O)c2ccc3c(c2)OCCCO3)CC1. The molecule has 1 aromatic carbocycles. The van der Waals surface area contributed by atoms with Gasteiger partial charge < -0.3 is 14.8 Å². The maximum atomic E-state index is 13.0. The zero-order valence-corrected chi connectivity index (χ0v) is 16.8. The molecule has 0 spiro atoms. The molecule has 0 aliphatic carbocycles. The van der Waals surface area contributed by atoms with Gasteiger partial charge in [0.1, 0.15) is 0 Å². The summed E-state index contributed by atoms with van der Waals surface area (Å²) in [6, 6.07) is 4.89. The van der Waals surface area contributed by atoms with Crippen molar-refractivity contribution in [1.29, 1.82) is 0 Å². The number of sulfonamides is 1. The fraction of sp³-hybridized carbons (Fsp3) is 0.632. The number of benzene rings is 1. The van der Waals surface area contributed by atoms with Crippen LogP contribution in [0.2, 0.25) is 0 Å². The molecule has 7 nitrogen and oxygen atoms in total. The van der Waals surface area contributed by atoms with E-state index in [-0.39, 0.29) is 22.8 Å². The van der Waals surface area contributed by atoms with Crippen molar-refractivity contribution in [1.82, 2.24) is 9.62 Å². The fourth-order valence-corrected chi connectivity index (χ4v) is 4.76. The number of nitrogens with zero attached hydrogens (tertiary/aromatic N) is 1. The van der Waals surface area contributed by atoms with Gasteiger partial charge in [-0.05, 0) is 38.3 Å². The number of ether oxygens (including phenoxy) is 2. The lowest BCUT2D eigenvalue weighted by atomic mass is 9.97. The summed E-state index contributed by atoms with van der Waals surface area (Å²) < 4.78 is 38.6. The van der Waals surface area contributed by atoms with E-state index in [4.69, 9.17) is 9.47 Å². The van der Waals surface area contributed by atoms with Crippen molar-refractivity contribution in [2.45, 2.75) is 50.5 Å². The molecule has 1 aromatic rings. The lowest BCUT2D eigenvalue weighted by Gasteiger charge is -2.31. The lowest BCUT2D eigenvalue weighted by molar-refractivity contribution is -0.126. The normalized spacial score (nSPS) is 19.9. The summed E-state index contributed by atoms with van der Waals surface area (Å²) in [5, 5.41) is 2.99. The number of fused-ring (bicyclic) bond motifs is 1. The van der Waals surface area contributed by atoms with E-state index < -0.39 is 10.0 Å². The highest BCUT2D eigenvalue weighted by Crippen LogP contribution is 2.33. The van der Waals surface area contributed by atoms with E-state index in [1.807, 2.05) is 13.8 Å². The highest BCUT2D eigenvalue weighted by Gasteiger charge is 2.33. The molecule has 0 saturated carbocycles. The molecule has 2 aliphatic rings. The van der Waals surface area contributed by atoms with Gasteiger partial charge in [0.25, 0.3) is 0 Å². The predicted molar refractivity (Wildman–Crippen MR) is 101 cm³/mol. The van der Waals surface area contributed by atoms with Crippen LogP contribution in [0.1, 0.15) is 39.5 Å². The van der Waals surface area contributed by atoms with Crippen LogP contribution >= 0.6 is 0 Å². The Balaban J connectivity index is 1.67. The highest BCUT2D eigenvalue weighted by molar-refractivity contribution is 7.89. The Morgan fingerprint density at radius 2 is 1.89 bits per heavy atom. The summed E-state index contributed by atoms with van der Waals surface area (Å²) in [6.07, 6.45) is 2.71. The summed E-state index contributed by atoms with van der Waals surface area (Å²) in [5.41, 5.74) is 0. The van der Waals surface area contributed by atoms with Crippen molar-refractivity contribution in [2.24, 2.45) is 5.92 Å². The van der Waals surface area contributed by atoms with Crippen LogP contribution in [0.4, 0.5) is 0 Å². The van der Waals surface area contributed by atoms with E-state index in [1.54, 1.807) is 12.1 Å². The monoisotopic (exact) mass is 396 g/mol. The van der Waals surface area contributed by atoms with Crippen LogP contribution in [0.15, 0.2) is 23.1 Å². The van der Waals surface area contributed by atoms with Crippen molar-refractivity contribution in [3.63, 3.8) is 0 Å². The second-order valence-electron chi connectivity index (χ2n) is 7.16. The van der Waals surface area contributed by atoms with Crippen LogP contribution in [0.3, 0.4) is 0 Å². The summed E-state index contributed by atoms with van der Waals surface area (Å²) in [6.45, 7) is 5.75. The van der Waals surface area contributed by atoms with E-state index in [1.165, 1.54) is 10.4 Å². The molecule has 8 heteroatoms. The molecule has 2 heterocycles. The first-order valence-corrected chi connectivity index (χ1v) is 11.1. The number of nitrogens with one attached hydrogen (secondary N) is 1. The van der Waals surface area contributed by atoms with E-state index in [0.29, 0.717) is 50.6 Å². The Hall–Kier alpha value is -1.80. The molecule has 1 N–H and O–H groups in total. The number of rotatable bonds is 5. The van der Waals surface area contributed by atoms with Gasteiger partial charge >= 0.3 is 0 Å². The van der Waals surface area contributed by atoms with Gasteiger partial charge in [-0.3, -0.25) is 4.79 Å². The molecule has 150 valence electrons. The van der Waals surface area contributed by atoms with Gasteiger partial charge in [-0.2, -0.15) is 4.31 Å². The zero-order chi connectivity index (χ0) is 19.4. The Morgan fingerprint density at radius 1 is 1.22 bits per heavy atom. The third-order valence-electron chi connectivity index (χ3n) is 5.18. The first kappa shape index (κ1) is 19.9. The minimum atomic E-state index is -3.62. The van der Waals surface area contributed by atoms with Crippen LogP contribution in [0, 0.1) is 5.92 Å². The third-order valence-corrected chi connectivity index (χ3v) is 7.08. The quantitative estimate of drug-likeness (QED) is 0.824. The largest absolute Gasteiger partial charge is 0.490 e. The second-order valence-corrected chi connectivity index (χ2v) is 9.09. The van der Waals surface area contributed by atoms with Crippen molar-refractivity contribution < 1.29 is 22.7 Å². The maximum absolute atomic E-state index is 13.0. The molecule has 1 fully saturated rings. The molecule has 0 bridgehead atoms. The smallest absolute Gasteiger partial charge is 0.243 e. The fourth-order valence-electron chi connectivity index (χ4n) is 3.27. The van der Waals surface area contributed by atoms with Crippen LogP contribution in [0.25, 0.3) is 0 Å². The molecular weight excluding hydrogens is 368 g/mol. The highest BCUT2D eigenvalue weighted by atomic mass is 32.2. The van der Waals surface area contributed by atoms with E-state index in [9.17, 15) is 13.2 Å². The Labute approximate surface area is 161 Å². The third kappa shape index (κ3) is 4.55. The van der Waals surface area contributed by atoms with Crippen LogP contribution < -0.4 is 14.8 Å². The Kier molecular flexibility index (Phi) is 6.26. The number of carbonyl (C=O) groups is 1. The van der Waals surface area contributed by atoms with Crippen molar-refractivity contribution >= 4 is 15.9 Å². The molecule has 1 amide bonds. The van der Waals surface area contributed by atoms with Gasteiger partial charge in [0.05, 0.1) is 18.1 Å². The molecule has 3 rings (SSSR count). The molecule has 1 atom stereocenters. The van der Waals surface area contributed by atoms with Crippen LogP contribution in [-0.4, -0.2) is 51.0 Å². The van der Waals surface area contributed by atoms with E-state index in [0.717, 1.165) is 12.8 Å². The first-order chi connectivity index (χ1) is 12.9. The Morgan fingerprint density at radius 3 is 2.56 bits per heavy atom. The summed E-state index contributed by atoms with van der Waals surface area (Å²) in [4.78, 5) is 12.5.